The molecule has 1 unspecified atom stereocenters. The Morgan fingerprint density at radius 2 is 1.96 bits per heavy atom. The molecule has 1 atom stereocenters. The van der Waals surface area contributed by atoms with Gasteiger partial charge >= 0.3 is 0 Å². The summed E-state index contributed by atoms with van der Waals surface area (Å²) in [4.78, 5) is 16.8. The summed E-state index contributed by atoms with van der Waals surface area (Å²) < 4.78 is 1.67. The van der Waals surface area contributed by atoms with Gasteiger partial charge in [-0.25, -0.2) is 4.68 Å². The second-order valence-corrected chi connectivity index (χ2v) is 6.93. The molecule has 0 radical (unpaired) electrons. The van der Waals surface area contributed by atoms with Crippen LogP contribution in [0, 0.1) is 6.92 Å². The number of amides is 1. The average molecular weight is 380 g/mol. The fourth-order valence-electron chi connectivity index (χ4n) is 3.36. The maximum absolute atomic E-state index is 12.2. The molecule has 0 saturated carbocycles. The van der Waals surface area contributed by atoms with Gasteiger partial charge in [0.05, 0.1) is 5.57 Å². The lowest BCUT2D eigenvalue weighted by Gasteiger charge is -2.28. The van der Waals surface area contributed by atoms with Crippen molar-refractivity contribution in [2.24, 2.45) is 5.73 Å². The first kappa shape index (κ1) is 17.3. The first-order chi connectivity index (χ1) is 13.0. The average Bonchev–Trinajstić information content (AvgIpc) is 3.04. The fourth-order valence-corrected chi connectivity index (χ4v) is 3.60. The predicted molar refractivity (Wildman–Crippen MR) is 105 cm³/mol. The Morgan fingerprint density at radius 3 is 2.67 bits per heavy atom. The maximum Gasteiger partial charge on any atom is 0.248 e. The van der Waals surface area contributed by atoms with E-state index < -0.39 is 11.9 Å². The molecule has 0 bridgehead atoms. The Bertz CT molecular complexity index is 1090. The lowest BCUT2D eigenvalue weighted by atomic mass is 9.95. The number of benzene rings is 2. The van der Waals surface area contributed by atoms with Crippen LogP contribution in [0.1, 0.15) is 24.1 Å². The van der Waals surface area contributed by atoms with Gasteiger partial charge in [0.1, 0.15) is 6.04 Å². The van der Waals surface area contributed by atoms with Crippen LogP contribution in [-0.2, 0) is 4.79 Å². The summed E-state index contributed by atoms with van der Waals surface area (Å²) in [6.07, 6.45) is 0. The van der Waals surface area contributed by atoms with E-state index in [0.717, 1.165) is 16.7 Å². The minimum atomic E-state index is -0.543. The van der Waals surface area contributed by atoms with Crippen molar-refractivity contribution in [3.63, 3.8) is 0 Å². The molecule has 0 saturated heterocycles. The normalized spacial score (nSPS) is 16.0. The Kier molecular flexibility index (Phi) is 4.20. The Morgan fingerprint density at radius 1 is 1.19 bits per heavy atom. The molecule has 1 aliphatic rings. The molecular formula is C20H18ClN5O. The van der Waals surface area contributed by atoms with Crippen molar-refractivity contribution in [3.8, 4) is 11.4 Å². The summed E-state index contributed by atoms with van der Waals surface area (Å²) in [6.45, 7) is 3.82. The van der Waals surface area contributed by atoms with Crippen LogP contribution >= 0.6 is 11.6 Å². The van der Waals surface area contributed by atoms with Gasteiger partial charge < -0.3 is 11.1 Å². The highest BCUT2D eigenvalue weighted by atomic mass is 35.5. The number of allylic oxidation sites excluding steroid dienone is 1. The molecule has 1 amide bonds. The molecular weight excluding hydrogens is 362 g/mol. The number of rotatable bonds is 3. The minimum absolute atomic E-state index is 0.413. The zero-order valence-corrected chi connectivity index (χ0v) is 15.7. The van der Waals surface area contributed by atoms with Gasteiger partial charge in [-0.2, -0.15) is 4.98 Å². The van der Waals surface area contributed by atoms with Gasteiger partial charge in [-0.15, -0.1) is 5.10 Å². The predicted octanol–water partition coefficient (Wildman–Crippen LogP) is 3.68. The van der Waals surface area contributed by atoms with Crippen molar-refractivity contribution < 1.29 is 4.79 Å². The summed E-state index contributed by atoms with van der Waals surface area (Å²) in [7, 11) is 0. The monoisotopic (exact) mass is 379 g/mol. The van der Waals surface area contributed by atoms with E-state index in [4.69, 9.17) is 17.3 Å². The van der Waals surface area contributed by atoms with Crippen LogP contribution in [0.3, 0.4) is 0 Å². The number of nitrogens with zero attached hydrogens (tertiary/aromatic N) is 3. The number of hydrogen-bond acceptors (Lipinski definition) is 4. The summed E-state index contributed by atoms with van der Waals surface area (Å²) in [5.41, 5.74) is 9.50. The van der Waals surface area contributed by atoms with E-state index in [0.29, 0.717) is 28.1 Å². The molecule has 1 aromatic heterocycles. The molecule has 0 fully saturated rings. The Balaban J connectivity index is 1.92. The van der Waals surface area contributed by atoms with Gasteiger partial charge in [0.15, 0.2) is 5.82 Å². The van der Waals surface area contributed by atoms with E-state index in [1.807, 2.05) is 49.4 Å². The van der Waals surface area contributed by atoms with Gasteiger partial charge in [-0.3, -0.25) is 4.79 Å². The Hall–Kier alpha value is -3.12. The zero-order chi connectivity index (χ0) is 19.1. The first-order valence-electron chi connectivity index (χ1n) is 8.51. The fraction of sp³-hybridized carbons (Fsp3) is 0.150. The number of aromatic nitrogens is 3. The molecule has 3 N–H and O–H groups in total. The van der Waals surface area contributed by atoms with Crippen LogP contribution in [0.2, 0.25) is 5.02 Å². The highest BCUT2D eigenvalue weighted by molar-refractivity contribution is 6.31. The summed E-state index contributed by atoms with van der Waals surface area (Å²) in [5, 5.41) is 8.35. The molecule has 2 heterocycles. The number of fused-ring (bicyclic) bond motifs is 1. The smallest absolute Gasteiger partial charge is 0.248 e. The van der Waals surface area contributed by atoms with Gasteiger partial charge in [0.25, 0.3) is 0 Å². The molecule has 6 nitrogen and oxygen atoms in total. The van der Waals surface area contributed by atoms with Gasteiger partial charge in [0.2, 0.25) is 11.9 Å². The van der Waals surface area contributed by atoms with Crippen molar-refractivity contribution in [3.05, 3.63) is 76.0 Å². The SMILES string of the molecule is CC1=C(C(N)=O)C(c2ccccc2Cl)n2nc(-c3cccc(C)c3)nc2N1. The third-order valence-electron chi connectivity index (χ3n) is 4.59. The van der Waals surface area contributed by atoms with Crippen LogP contribution in [0.15, 0.2) is 59.8 Å². The van der Waals surface area contributed by atoms with Crippen molar-refractivity contribution in [2.45, 2.75) is 19.9 Å². The van der Waals surface area contributed by atoms with Crippen LogP contribution in [0.25, 0.3) is 11.4 Å². The lowest BCUT2D eigenvalue weighted by molar-refractivity contribution is -0.115. The zero-order valence-electron chi connectivity index (χ0n) is 14.9. The van der Waals surface area contributed by atoms with E-state index in [-0.39, 0.29) is 0 Å². The minimum Gasteiger partial charge on any atom is -0.366 e. The van der Waals surface area contributed by atoms with Crippen LogP contribution < -0.4 is 11.1 Å². The third kappa shape index (κ3) is 2.98. The van der Waals surface area contributed by atoms with E-state index in [2.05, 4.69) is 15.4 Å². The van der Waals surface area contributed by atoms with Crippen molar-refractivity contribution in [2.75, 3.05) is 5.32 Å². The third-order valence-corrected chi connectivity index (χ3v) is 4.94. The number of primary amides is 1. The van der Waals surface area contributed by atoms with Gasteiger partial charge in [-0.1, -0.05) is 53.6 Å². The topological polar surface area (TPSA) is 85.8 Å². The molecule has 136 valence electrons. The van der Waals surface area contributed by atoms with Crippen LogP contribution in [-0.4, -0.2) is 20.7 Å². The number of carbonyl (C=O) groups excluding carboxylic acids is 1. The second kappa shape index (κ2) is 6.55. The molecule has 1 aliphatic heterocycles. The van der Waals surface area contributed by atoms with Crippen molar-refractivity contribution in [1.82, 2.24) is 14.8 Å². The van der Waals surface area contributed by atoms with Crippen LogP contribution in [0.5, 0.6) is 0 Å². The number of aryl methyl sites for hydroxylation is 1. The van der Waals surface area contributed by atoms with E-state index in [1.54, 1.807) is 17.7 Å². The molecule has 2 aromatic carbocycles. The number of nitrogens with two attached hydrogens (primary N) is 1. The lowest BCUT2D eigenvalue weighted by Crippen LogP contribution is -2.32. The van der Waals surface area contributed by atoms with Gasteiger partial charge in [0, 0.05) is 21.8 Å². The van der Waals surface area contributed by atoms with Gasteiger partial charge in [-0.05, 0) is 26.0 Å². The highest BCUT2D eigenvalue weighted by Gasteiger charge is 2.34. The van der Waals surface area contributed by atoms with E-state index >= 15 is 0 Å². The number of anilines is 1. The summed E-state index contributed by atoms with van der Waals surface area (Å²) in [5.74, 6) is 0.582. The number of halogens is 1. The standard InChI is InChI=1S/C20H18ClN5O/c1-11-6-5-7-13(10-11)19-24-20-23-12(2)16(18(22)27)17(26(20)25-19)14-8-3-4-9-15(14)21/h3-10,17H,1-2H3,(H2,22,27)(H,23,24,25). The van der Waals surface area contributed by atoms with Crippen molar-refractivity contribution >= 4 is 23.5 Å². The summed E-state index contributed by atoms with van der Waals surface area (Å²) in [6, 6.07) is 14.8. The molecule has 27 heavy (non-hydrogen) atoms. The second-order valence-electron chi connectivity index (χ2n) is 6.53. The van der Waals surface area contributed by atoms with E-state index in [9.17, 15) is 4.79 Å². The largest absolute Gasteiger partial charge is 0.366 e. The van der Waals surface area contributed by atoms with Crippen LogP contribution in [0.4, 0.5) is 5.95 Å². The quantitative estimate of drug-likeness (QED) is 0.726. The molecule has 3 aromatic rings. The van der Waals surface area contributed by atoms with Crippen molar-refractivity contribution in [1.29, 1.82) is 0 Å². The molecule has 0 spiro atoms. The first-order valence-corrected chi connectivity index (χ1v) is 8.89. The number of carbonyl (C=O) groups is 1. The van der Waals surface area contributed by atoms with E-state index in [1.165, 1.54) is 0 Å². The maximum atomic E-state index is 12.2. The number of hydrogen-bond donors (Lipinski definition) is 2. The Labute approximate surface area is 161 Å². The highest BCUT2D eigenvalue weighted by Crippen LogP contribution is 2.38. The molecule has 7 heteroatoms. The summed E-state index contributed by atoms with van der Waals surface area (Å²) >= 11 is 6.43. The molecule has 4 rings (SSSR count). The molecule has 0 aliphatic carbocycles. The number of nitrogens with one attached hydrogen (secondary N) is 1.